The summed E-state index contributed by atoms with van der Waals surface area (Å²) in [5.41, 5.74) is 0. The van der Waals surface area contributed by atoms with Gasteiger partial charge in [0.2, 0.25) is 11.2 Å². The van der Waals surface area contributed by atoms with E-state index in [-0.39, 0.29) is 5.92 Å². The van der Waals surface area contributed by atoms with Gasteiger partial charge < -0.3 is 4.42 Å². The number of aryl methyl sites for hydroxylation is 1. The van der Waals surface area contributed by atoms with Crippen molar-refractivity contribution < 1.29 is 4.42 Å². The first-order chi connectivity index (χ1) is 7.58. The fourth-order valence-corrected chi connectivity index (χ4v) is 1.66. The van der Waals surface area contributed by atoms with E-state index in [1.54, 1.807) is 10.8 Å². The van der Waals surface area contributed by atoms with Crippen molar-refractivity contribution in [1.29, 1.82) is 0 Å². The van der Waals surface area contributed by atoms with E-state index in [1.165, 1.54) is 0 Å². The molecule has 0 aromatic carbocycles. The number of halogens is 1. The van der Waals surface area contributed by atoms with Gasteiger partial charge >= 0.3 is 0 Å². The smallest absolute Gasteiger partial charge is 0.225 e. The van der Waals surface area contributed by atoms with E-state index in [2.05, 4.69) is 15.2 Å². The van der Waals surface area contributed by atoms with E-state index in [4.69, 9.17) is 16.0 Å². The molecule has 0 aliphatic rings. The summed E-state index contributed by atoms with van der Waals surface area (Å²) < 4.78 is 7.20. The highest BCUT2D eigenvalue weighted by Crippen LogP contribution is 2.18. The van der Waals surface area contributed by atoms with Crippen LogP contribution in [0.4, 0.5) is 0 Å². The predicted molar refractivity (Wildman–Crippen MR) is 59.5 cm³/mol. The Bertz CT molecular complexity index is 489. The van der Waals surface area contributed by atoms with Crippen LogP contribution in [0.2, 0.25) is 5.28 Å². The summed E-state index contributed by atoms with van der Waals surface area (Å²) >= 11 is 5.97. The molecule has 2 aromatic rings. The van der Waals surface area contributed by atoms with Crippen LogP contribution in [-0.2, 0) is 6.54 Å². The molecule has 0 atom stereocenters. The summed E-state index contributed by atoms with van der Waals surface area (Å²) in [5, 5.41) is 8.24. The van der Waals surface area contributed by atoms with Crippen LogP contribution >= 0.6 is 11.6 Å². The highest BCUT2D eigenvalue weighted by molar-refractivity contribution is 6.28. The number of hydrogen-bond acceptors (Lipinski definition) is 4. The highest BCUT2D eigenvalue weighted by Gasteiger charge is 2.15. The Hall–Kier alpha value is -1.36. The van der Waals surface area contributed by atoms with Gasteiger partial charge in [-0.05, 0) is 18.5 Å². The Labute approximate surface area is 98.5 Å². The topological polar surface area (TPSA) is 56.7 Å². The van der Waals surface area contributed by atoms with Gasteiger partial charge in [-0.25, -0.2) is 4.98 Å². The summed E-state index contributed by atoms with van der Waals surface area (Å²) in [6, 6.07) is 0. The van der Waals surface area contributed by atoms with Gasteiger partial charge in [-0.1, -0.05) is 13.8 Å². The van der Waals surface area contributed by atoms with Crippen LogP contribution in [-0.4, -0.2) is 19.7 Å². The zero-order chi connectivity index (χ0) is 11.7. The first kappa shape index (κ1) is 11.1. The average Bonchev–Trinajstić information content (AvgIpc) is 2.76. The van der Waals surface area contributed by atoms with Crippen LogP contribution in [0, 0.1) is 6.92 Å². The molecule has 0 bridgehead atoms. The number of aromatic nitrogens is 4. The molecule has 2 aromatic heterocycles. The molecule has 0 fully saturated rings. The molecule has 0 aliphatic heterocycles. The standard InChI is InChI=1S/C10H13ClN4O/c1-6(2)9-13-14-10(11)15(9)5-8-12-4-7(3)16-8/h4,6H,5H2,1-3H3. The maximum absolute atomic E-state index is 5.97. The molecular formula is C10H13ClN4O. The molecule has 0 amide bonds. The predicted octanol–water partition coefficient (Wildman–Crippen LogP) is 2.40. The number of oxazole rings is 1. The van der Waals surface area contributed by atoms with Gasteiger partial charge in [0.05, 0.1) is 6.20 Å². The summed E-state index contributed by atoms with van der Waals surface area (Å²) in [7, 11) is 0. The lowest BCUT2D eigenvalue weighted by Gasteiger charge is -2.07. The third kappa shape index (κ3) is 2.09. The quantitative estimate of drug-likeness (QED) is 0.827. The van der Waals surface area contributed by atoms with Crippen molar-refractivity contribution >= 4 is 11.6 Å². The maximum atomic E-state index is 5.97. The number of rotatable bonds is 3. The molecule has 0 unspecified atom stereocenters. The minimum atomic E-state index is 0.260. The number of nitrogens with zero attached hydrogens (tertiary/aromatic N) is 4. The van der Waals surface area contributed by atoms with Gasteiger partial charge in [0.25, 0.3) is 0 Å². The van der Waals surface area contributed by atoms with E-state index in [0.717, 1.165) is 11.6 Å². The normalized spacial score (nSPS) is 11.3. The monoisotopic (exact) mass is 240 g/mol. The van der Waals surface area contributed by atoms with Crippen molar-refractivity contribution in [2.45, 2.75) is 33.2 Å². The SMILES string of the molecule is Cc1cnc(Cn2c(Cl)nnc2C(C)C)o1. The molecular weight excluding hydrogens is 228 g/mol. The molecule has 6 heteroatoms. The summed E-state index contributed by atoms with van der Waals surface area (Å²) in [4.78, 5) is 4.13. The van der Waals surface area contributed by atoms with E-state index in [1.807, 2.05) is 20.8 Å². The van der Waals surface area contributed by atoms with Crippen LogP contribution in [0.5, 0.6) is 0 Å². The molecule has 2 heterocycles. The summed E-state index contributed by atoms with van der Waals surface area (Å²) in [5.74, 6) is 2.49. The van der Waals surface area contributed by atoms with Crippen molar-refractivity contribution in [3.63, 3.8) is 0 Å². The van der Waals surface area contributed by atoms with Crippen molar-refractivity contribution in [2.24, 2.45) is 0 Å². The third-order valence-corrected chi connectivity index (χ3v) is 2.49. The molecule has 0 aliphatic carbocycles. The largest absolute Gasteiger partial charge is 0.444 e. The zero-order valence-electron chi connectivity index (χ0n) is 9.44. The first-order valence-corrected chi connectivity index (χ1v) is 5.45. The van der Waals surface area contributed by atoms with Crippen molar-refractivity contribution in [1.82, 2.24) is 19.7 Å². The second-order valence-electron chi connectivity index (χ2n) is 3.93. The highest BCUT2D eigenvalue weighted by atomic mass is 35.5. The van der Waals surface area contributed by atoms with E-state index in [9.17, 15) is 0 Å². The van der Waals surface area contributed by atoms with Crippen LogP contribution in [0.25, 0.3) is 0 Å². The van der Waals surface area contributed by atoms with Gasteiger partial charge in [-0.2, -0.15) is 0 Å². The maximum Gasteiger partial charge on any atom is 0.225 e. The molecule has 16 heavy (non-hydrogen) atoms. The molecule has 5 nitrogen and oxygen atoms in total. The summed E-state index contributed by atoms with van der Waals surface area (Å²) in [6.07, 6.45) is 1.68. The molecule has 2 rings (SSSR count). The molecule has 86 valence electrons. The lowest BCUT2D eigenvalue weighted by molar-refractivity contribution is 0.451. The van der Waals surface area contributed by atoms with E-state index in [0.29, 0.717) is 17.7 Å². The minimum absolute atomic E-state index is 0.260. The van der Waals surface area contributed by atoms with Gasteiger partial charge in [0.15, 0.2) is 0 Å². The molecule has 0 saturated carbocycles. The van der Waals surface area contributed by atoms with Crippen LogP contribution in [0.1, 0.15) is 37.2 Å². The van der Waals surface area contributed by atoms with Crippen molar-refractivity contribution in [3.8, 4) is 0 Å². The molecule has 0 N–H and O–H groups in total. The van der Waals surface area contributed by atoms with Gasteiger partial charge in [0.1, 0.15) is 18.1 Å². The van der Waals surface area contributed by atoms with Crippen LogP contribution < -0.4 is 0 Å². The lowest BCUT2D eigenvalue weighted by Crippen LogP contribution is -2.07. The Balaban J connectivity index is 2.30. The number of hydrogen-bond donors (Lipinski definition) is 0. The van der Waals surface area contributed by atoms with E-state index < -0.39 is 0 Å². The minimum Gasteiger partial charge on any atom is -0.444 e. The molecule has 0 spiro atoms. The second-order valence-corrected chi connectivity index (χ2v) is 4.27. The first-order valence-electron chi connectivity index (χ1n) is 5.08. The van der Waals surface area contributed by atoms with Crippen molar-refractivity contribution in [3.05, 3.63) is 29.0 Å². The van der Waals surface area contributed by atoms with Gasteiger partial charge in [-0.15, -0.1) is 10.2 Å². The van der Waals surface area contributed by atoms with Crippen molar-refractivity contribution in [2.75, 3.05) is 0 Å². The van der Waals surface area contributed by atoms with E-state index >= 15 is 0 Å². The van der Waals surface area contributed by atoms with Crippen LogP contribution in [0.15, 0.2) is 10.6 Å². The Morgan fingerprint density at radius 1 is 1.44 bits per heavy atom. The third-order valence-electron chi connectivity index (χ3n) is 2.21. The fraction of sp³-hybridized carbons (Fsp3) is 0.500. The van der Waals surface area contributed by atoms with Gasteiger partial charge in [0, 0.05) is 5.92 Å². The fourth-order valence-electron chi connectivity index (χ4n) is 1.48. The Morgan fingerprint density at radius 3 is 2.75 bits per heavy atom. The van der Waals surface area contributed by atoms with Crippen LogP contribution in [0.3, 0.4) is 0 Å². The zero-order valence-corrected chi connectivity index (χ0v) is 10.2. The summed E-state index contributed by atoms with van der Waals surface area (Å²) in [6.45, 7) is 6.40. The molecule has 0 saturated heterocycles. The average molecular weight is 241 g/mol. The van der Waals surface area contributed by atoms with Gasteiger partial charge in [-0.3, -0.25) is 4.57 Å². The Morgan fingerprint density at radius 2 is 2.19 bits per heavy atom. The lowest BCUT2D eigenvalue weighted by atomic mass is 10.2. The molecule has 0 radical (unpaired) electrons. The Kier molecular flexibility index (Phi) is 2.96. The second kappa shape index (κ2) is 4.25.